The Hall–Kier alpha value is -3.01. The third-order valence-corrected chi connectivity index (χ3v) is 5.56. The Morgan fingerprint density at radius 1 is 1.20 bits per heavy atom. The van der Waals surface area contributed by atoms with Crippen molar-refractivity contribution in [2.24, 2.45) is 0 Å². The molecule has 4 aromatic rings. The van der Waals surface area contributed by atoms with Crippen LogP contribution in [0.25, 0.3) is 22.5 Å². The molecule has 30 heavy (non-hydrogen) atoms. The molecular weight excluding hydrogens is 423 g/mol. The summed E-state index contributed by atoms with van der Waals surface area (Å²) >= 11 is 12.5. The van der Waals surface area contributed by atoms with Crippen LogP contribution in [-0.4, -0.2) is 14.7 Å². The van der Waals surface area contributed by atoms with Crippen LogP contribution in [-0.2, 0) is 6.61 Å². The number of rotatable bonds is 6. The Morgan fingerprint density at radius 2 is 1.97 bits per heavy atom. The number of halogens is 2. The molecule has 2 aromatic heterocycles. The lowest BCUT2D eigenvalue weighted by molar-refractivity contribution is 0.307. The first kappa shape index (κ1) is 20.3. The summed E-state index contributed by atoms with van der Waals surface area (Å²) in [5, 5.41) is 15.6. The van der Waals surface area contributed by atoms with Gasteiger partial charge in [-0.1, -0.05) is 41.3 Å². The normalized spacial score (nSPS) is 12.1. The van der Waals surface area contributed by atoms with Gasteiger partial charge in [-0.25, -0.2) is 0 Å². The summed E-state index contributed by atoms with van der Waals surface area (Å²) in [6.07, 6.45) is 0.643. The molecule has 1 unspecified atom stereocenters. The highest BCUT2D eigenvalue weighted by molar-refractivity contribution is 6.35. The smallest absolute Gasteiger partial charge is 0.274 e. The van der Waals surface area contributed by atoms with Crippen molar-refractivity contribution in [3.63, 3.8) is 0 Å². The lowest BCUT2D eigenvalue weighted by Gasteiger charge is -2.14. The number of aromatic nitrogens is 3. The van der Waals surface area contributed by atoms with Crippen molar-refractivity contribution in [3.8, 4) is 23.4 Å². The van der Waals surface area contributed by atoms with Crippen LogP contribution in [0.5, 0.6) is 5.75 Å². The van der Waals surface area contributed by atoms with Gasteiger partial charge in [0.1, 0.15) is 24.1 Å². The average Bonchev–Trinajstić information content (AvgIpc) is 3.32. The first-order valence-corrected chi connectivity index (χ1v) is 10.2. The van der Waals surface area contributed by atoms with E-state index in [1.54, 1.807) is 25.1 Å². The molecule has 0 N–H and O–H groups in total. The Balaban J connectivity index is 1.73. The van der Waals surface area contributed by atoms with Gasteiger partial charge < -0.3 is 13.8 Å². The highest BCUT2D eigenvalue weighted by Gasteiger charge is 2.21. The maximum atomic E-state index is 9.66. The van der Waals surface area contributed by atoms with Crippen LogP contribution in [0.2, 0.25) is 10.0 Å². The van der Waals surface area contributed by atoms with Gasteiger partial charge >= 0.3 is 0 Å². The molecule has 152 valence electrons. The molecule has 0 aliphatic heterocycles. The van der Waals surface area contributed by atoms with E-state index in [1.807, 2.05) is 35.8 Å². The highest BCUT2D eigenvalue weighted by atomic mass is 35.5. The second kappa shape index (κ2) is 8.39. The van der Waals surface area contributed by atoms with Crippen LogP contribution < -0.4 is 4.74 Å². The van der Waals surface area contributed by atoms with Gasteiger partial charge in [0.15, 0.2) is 5.82 Å². The van der Waals surface area contributed by atoms with E-state index in [4.69, 9.17) is 32.5 Å². The fourth-order valence-corrected chi connectivity index (χ4v) is 3.87. The summed E-state index contributed by atoms with van der Waals surface area (Å²) in [5.41, 5.74) is 2.32. The molecule has 4 rings (SSSR count). The summed E-state index contributed by atoms with van der Waals surface area (Å²) in [6.45, 7) is 3.97. The number of hydrogen-bond acceptors (Lipinski definition) is 5. The van der Waals surface area contributed by atoms with Gasteiger partial charge in [-0.3, -0.25) is 0 Å². The molecule has 0 aliphatic rings. The maximum absolute atomic E-state index is 9.66. The minimum Gasteiger partial charge on any atom is -0.489 e. The second-order valence-electron chi connectivity index (χ2n) is 6.81. The van der Waals surface area contributed by atoms with Crippen molar-refractivity contribution in [1.82, 2.24) is 14.7 Å². The highest BCUT2D eigenvalue weighted by Crippen LogP contribution is 2.34. The van der Waals surface area contributed by atoms with E-state index in [0.717, 1.165) is 16.5 Å². The third kappa shape index (κ3) is 3.74. The van der Waals surface area contributed by atoms with E-state index in [9.17, 15) is 5.26 Å². The van der Waals surface area contributed by atoms with Gasteiger partial charge in [0, 0.05) is 21.0 Å². The van der Waals surface area contributed by atoms with Gasteiger partial charge in [0.25, 0.3) is 5.89 Å². The van der Waals surface area contributed by atoms with Gasteiger partial charge in [-0.05, 0) is 49.7 Å². The van der Waals surface area contributed by atoms with Crippen LogP contribution >= 0.6 is 23.2 Å². The fraction of sp³-hybridized carbons (Fsp3) is 0.227. The zero-order valence-electron chi connectivity index (χ0n) is 16.4. The summed E-state index contributed by atoms with van der Waals surface area (Å²) < 4.78 is 13.2. The molecule has 0 fully saturated rings. The van der Waals surface area contributed by atoms with Gasteiger partial charge in [-0.15, -0.1) is 0 Å². The quantitative estimate of drug-likeness (QED) is 0.348. The van der Waals surface area contributed by atoms with E-state index >= 15 is 0 Å². The molecule has 0 saturated carbocycles. The molecule has 0 radical (unpaired) electrons. The number of nitriles is 1. The minimum atomic E-state index is -0.363. The van der Waals surface area contributed by atoms with Crippen molar-refractivity contribution in [2.75, 3.05) is 0 Å². The second-order valence-corrected chi connectivity index (χ2v) is 7.62. The van der Waals surface area contributed by atoms with Crippen molar-refractivity contribution >= 4 is 34.1 Å². The molecule has 0 saturated heterocycles. The Kier molecular flexibility index (Phi) is 5.67. The van der Waals surface area contributed by atoms with Crippen LogP contribution in [0.1, 0.15) is 30.8 Å². The molecule has 1 atom stereocenters. The van der Waals surface area contributed by atoms with Crippen LogP contribution in [0.15, 0.2) is 47.0 Å². The zero-order valence-corrected chi connectivity index (χ0v) is 17.9. The average molecular weight is 441 g/mol. The molecule has 8 heteroatoms. The number of aryl methyl sites for hydroxylation is 1. The van der Waals surface area contributed by atoms with E-state index in [-0.39, 0.29) is 12.6 Å². The summed E-state index contributed by atoms with van der Waals surface area (Å²) in [4.78, 5) is 4.34. The lowest BCUT2D eigenvalue weighted by atomic mass is 10.2. The fourth-order valence-electron chi connectivity index (χ4n) is 3.36. The zero-order chi connectivity index (χ0) is 21.3. The third-order valence-electron chi connectivity index (χ3n) is 4.85. The van der Waals surface area contributed by atoms with Crippen molar-refractivity contribution in [2.45, 2.75) is 32.9 Å². The Morgan fingerprint density at radius 3 is 2.60 bits per heavy atom. The first-order chi connectivity index (χ1) is 14.5. The predicted octanol–water partition coefficient (Wildman–Crippen LogP) is 6.36. The number of hydrogen-bond donors (Lipinski definition) is 0. The standard InChI is InChI=1S/C22H18Cl2N4O2/c1-3-15(11-25)28-20-8-7-16(29-12-17-18(23)5-4-6-19(17)24)9-14(20)10-21(28)22-26-13(2)27-30-22/h4-10,15H,3,12H2,1-2H3. The molecular formula is C22H18Cl2N4O2. The predicted molar refractivity (Wildman–Crippen MR) is 116 cm³/mol. The topological polar surface area (TPSA) is 76.9 Å². The van der Waals surface area contributed by atoms with E-state index in [0.29, 0.717) is 39.6 Å². The Labute approximate surface area is 183 Å². The van der Waals surface area contributed by atoms with E-state index < -0.39 is 0 Å². The van der Waals surface area contributed by atoms with Crippen molar-refractivity contribution < 1.29 is 9.26 Å². The summed E-state index contributed by atoms with van der Waals surface area (Å²) in [6, 6.07) is 15.0. The molecule has 2 heterocycles. The van der Waals surface area contributed by atoms with Crippen molar-refractivity contribution in [1.29, 1.82) is 5.26 Å². The van der Waals surface area contributed by atoms with E-state index in [2.05, 4.69) is 16.2 Å². The van der Waals surface area contributed by atoms with Gasteiger partial charge in [0.2, 0.25) is 0 Å². The van der Waals surface area contributed by atoms with Crippen LogP contribution in [0.3, 0.4) is 0 Å². The Bertz CT molecular complexity index is 1240. The van der Waals surface area contributed by atoms with Crippen LogP contribution in [0.4, 0.5) is 0 Å². The number of ether oxygens (including phenoxy) is 1. The minimum absolute atomic E-state index is 0.246. The number of fused-ring (bicyclic) bond motifs is 1. The maximum Gasteiger partial charge on any atom is 0.274 e. The molecule has 0 aliphatic carbocycles. The van der Waals surface area contributed by atoms with Crippen LogP contribution in [0, 0.1) is 18.3 Å². The van der Waals surface area contributed by atoms with Gasteiger partial charge in [0.05, 0.1) is 11.6 Å². The lowest BCUT2D eigenvalue weighted by Crippen LogP contribution is -2.07. The SMILES string of the molecule is CCC(C#N)n1c(-c2nc(C)no2)cc2cc(OCc3c(Cl)cccc3Cl)ccc21. The molecule has 0 amide bonds. The first-order valence-electron chi connectivity index (χ1n) is 9.42. The monoisotopic (exact) mass is 440 g/mol. The molecule has 2 aromatic carbocycles. The number of benzene rings is 2. The summed E-state index contributed by atoms with van der Waals surface area (Å²) in [7, 11) is 0. The summed E-state index contributed by atoms with van der Waals surface area (Å²) in [5.74, 6) is 1.57. The van der Waals surface area contributed by atoms with E-state index in [1.165, 1.54) is 0 Å². The van der Waals surface area contributed by atoms with Crippen molar-refractivity contribution in [3.05, 3.63) is 63.9 Å². The largest absolute Gasteiger partial charge is 0.489 e. The molecule has 6 nitrogen and oxygen atoms in total. The molecule has 0 bridgehead atoms. The molecule has 0 spiro atoms. The number of nitrogens with zero attached hydrogens (tertiary/aromatic N) is 4. The van der Waals surface area contributed by atoms with Gasteiger partial charge in [-0.2, -0.15) is 10.2 Å².